The fourth-order valence-electron chi connectivity index (χ4n) is 4.76. The summed E-state index contributed by atoms with van der Waals surface area (Å²) in [6, 6.07) is 0. The molecule has 0 radical (unpaired) electrons. The first kappa shape index (κ1) is 24.4. The van der Waals surface area contributed by atoms with Gasteiger partial charge in [-0.2, -0.15) is 0 Å². The lowest BCUT2D eigenvalue weighted by atomic mass is 9.87. The summed E-state index contributed by atoms with van der Waals surface area (Å²) in [5, 5.41) is 0. The summed E-state index contributed by atoms with van der Waals surface area (Å²) in [5.74, 6) is -1.78. The highest BCUT2D eigenvalue weighted by atomic mass is 16.6. The second-order valence-corrected chi connectivity index (χ2v) is 9.91. The molecule has 0 N–H and O–H groups in total. The van der Waals surface area contributed by atoms with Crippen molar-refractivity contribution < 1.29 is 28.5 Å². The first-order valence-electron chi connectivity index (χ1n) is 11.8. The van der Waals surface area contributed by atoms with E-state index in [1.54, 1.807) is 7.11 Å². The minimum atomic E-state index is -1.24. The maximum Gasteiger partial charge on any atom is 0.371 e. The van der Waals surface area contributed by atoms with Crippen molar-refractivity contribution in [2.24, 2.45) is 5.92 Å². The Morgan fingerprint density at radius 2 is 1.55 bits per heavy atom. The Kier molecular flexibility index (Phi) is 8.00. The van der Waals surface area contributed by atoms with Gasteiger partial charge in [0.15, 0.2) is 0 Å². The van der Waals surface area contributed by atoms with Crippen molar-refractivity contribution in [2.75, 3.05) is 39.9 Å². The van der Waals surface area contributed by atoms with Crippen molar-refractivity contribution in [1.29, 1.82) is 0 Å². The summed E-state index contributed by atoms with van der Waals surface area (Å²) in [6.07, 6.45) is 4.93. The van der Waals surface area contributed by atoms with E-state index >= 15 is 0 Å². The second kappa shape index (κ2) is 10.1. The molecule has 8 heteroatoms. The fourth-order valence-corrected chi connectivity index (χ4v) is 4.76. The fraction of sp³-hybridized carbons (Fsp3) is 0.913. The van der Waals surface area contributed by atoms with E-state index in [1.807, 2.05) is 27.7 Å². The molecule has 1 unspecified atom stereocenters. The zero-order valence-electron chi connectivity index (χ0n) is 19.9. The van der Waals surface area contributed by atoms with Crippen LogP contribution in [-0.4, -0.2) is 85.3 Å². The molecular formula is C23H40N2O6. The van der Waals surface area contributed by atoms with Crippen molar-refractivity contribution in [3.63, 3.8) is 0 Å². The summed E-state index contributed by atoms with van der Waals surface area (Å²) in [7, 11) is 1.70. The van der Waals surface area contributed by atoms with Gasteiger partial charge in [-0.25, -0.2) is 9.69 Å². The van der Waals surface area contributed by atoms with Gasteiger partial charge in [0.1, 0.15) is 5.60 Å². The molecule has 0 aromatic heterocycles. The van der Waals surface area contributed by atoms with Gasteiger partial charge in [0.05, 0.1) is 24.7 Å². The largest absolute Gasteiger partial charge is 0.466 e. The van der Waals surface area contributed by atoms with E-state index in [2.05, 4.69) is 9.80 Å². The third kappa shape index (κ3) is 5.59. The minimum Gasteiger partial charge on any atom is -0.466 e. The quantitative estimate of drug-likeness (QED) is 0.533. The molecule has 1 atom stereocenters. The predicted molar refractivity (Wildman–Crippen MR) is 115 cm³/mol. The number of methoxy groups -OCH3 is 1. The lowest BCUT2D eigenvalue weighted by molar-refractivity contribution is -0.299. The van der Waals surface area contributed by atoms with E-state index in [0.29, 0.717) is 32.5 Å². The number of likely N-dealkylation sites (tertiary alicyclic amines) is 2. The third-order valence-corrected chi connectivity index (χ3v) is 6.43. The van der Waals surface area contributed by atoms with Gasteiger partial charge in [0.25, 0.3) is 5.85 Å². The molecular weight excluding hydrogens is 400 g/mol. The van der Waals surface area contributed by atoms with Crippen molar-refractivity contribution in [2.45, 2.75) is 89.9 Å². The van der Waals surface area contributed by atoms with E-state index in [1.165, 1.54) is 0 Å². The second-order valence-electron chi connectivity index (χ2n) is 9.91. The lowest BCUT2D eigenvalue weighted by Gasteiger charge is -2.54. The number of ether oxygens (including phenoxy) is 4. The zero-order chi connectivity index (χ0) is 22.6. The molecule has 3 fully saturated rings. The summed E-state index contributed by atoms with van der Waals surface area (Å²) < 4.78 is 23.3. The van der Waals surface area contributed by atoms with Crippen LogP contribution in [0.2, 0.25) is 0 Å². The van der Waals surface area contributed by atoms with E-state index in [4.69, 9.17) is 18.9 Å². The van der Waals surface area contributed by atoms with E-state index in [9.17, 15) is 9.59 Å². The number of hydrogen-bond donors (Lipinski definition) is 0. The Labute approximate surface area is 186 Å². The highest BCUT2D eigenvalue weighted by Crippen LogP contribution is 2.38. The van der Waals surface area contributed by atoms with Gasteiger partial charge >= 0.3 is 11.9 Å². The maximum absolute atomic E-state index is 13.7. The Bertz CT molecular complexity index is 616. The monoisotopic (exact) mass is 440 g/mol. The number of nitrogens with zero attached hydrogens (tertiary/aromatic N) is 2. The van der Waals surface area contributed by atoms with Gasteiger partial charge in [-0.3, -0.25) is 9.69 Å². The van der Waals surface area contributed by atoms with Crippen LogP contribution in [0.1, 0.15) is 66.2 Å². The highest BCUT2D eigenvalue weighted by molar-refractivity contribution is 5.79. The molecule has 31 heavy (non-hydrogen) atoms. The summed E-state index contributed by atoms with van der Waals surface area (Å²) in [5.41, 5.74) is -0.613. The van der Waals surface area contributed by atoms with Crippen molar-refractivity contribution in [3.8, 4) is 0 Å². The van der Waals surface area contributed by atoms with E-state index in [0.717, 1.165) is 38.8 Å². The summed E-state index contributed by atoms with van der Waals surface area (Å²) in [6.45, 7) is 10.8. The predicted octanol–water partition coefficient (Wildman–Crippen LogP) is 2.55. The Hall–Kier alpha value is -1.22. The molecule has 1 saturated carbocycles. The first-order chi connectivity index (χ1) is 14.7. The summed E-state index contributed by atoms with van der Waals surface area (Å²) in [4.78, 5) is 30.0. The molecule has 2 heterocycles. The van der Waals surface area contributed by atoms with Crippen LogP contribution in [0.25, 0.3) is 0 Å². The van der Waals surface area contributed by atoms with Crippen molar-refractivity contribution >= 4 is 11.9 Å². The topological polar surface area (TPSA) is 77.5 Å². The van der Waals surface area contributed by atoms with Gasteiger partial charge < -0.3 is 18.9 Å². The zero-order valence-corrected chi connectivity index (χ0v) is 19.9. The standard InChI is InChI=1S/C23H40N2O6/c1-6-29-20(26)17-9-11-18(12-10-17)30-23(24-13-7-8-14-24,21(27)31-22(2,3)4)25-15-19(16-25)28-5/h17-19H,6-16H2,1-5H3. The van der Waals surface area contributed by atoms with Gasteiger partial charge in [0, 0.05) is 33.3 Å². The molecule has 8 nitrogen and oxygen atoms in total. The van der Waals surface area contributed by atoms with Crippen LogP contribution in [-0.2, 0) is 28.5 Å². The molecule has 0 aromatic carbocycles. The summed E-state index contributed by atoms with van der Waals surface area (Å²) >= 11 is 0. The molecule has 0 amide bonds. The van der Waals surface area contributed by atoms with Crippen LogP contribution in [0.15, 0.2) is 0 Å². The molecule has 3 aliphatic rings. The van der Waals surface area contributed by atoms with Crippen molar-refractivity contribution in [3.05, 3.63) is 0 Å². The number of hydrogen-bond acceptors (Lipinski definition) is 8. The molecule has 2 saturated heterocycles. The average Bonchev–Trinajstić information content (AvgIpc) is 3.20. The third-order valence-electron chi connectivity index (χ3n) is 6.43. The highest BCUT2D eigenvalue weighted by Gasteiger charge is 2.58. The molecule has 0 bridgehead atoms. The van der Waals surface area contributed by atoms with Gasteiger partial charge in [-0.05, 0) is 66.2 Å². The van der Waals surface area contributed by atoms with Crippen LogP contribution in [0.4, 0.5) is 0 Å². The Balaban J connectivity index is 1.79. The normalized spacial score (nSPS) is 28.0. The van der Waals surface area contributed by atoms with Crippen LogP contribution >= 0.6 is 0 Å². The van der Waals surface area contributed by atoms with E-state index in [-0.39, 0.29) is 30.1 Å². The average molecular weight is 441 g/mol. The first-order valence-corrected chi connectivity index (χ1v) is 11.8. The van der Waals surface area contributed by atoms with Crippen LogP contribution in [0.5, 0.6) is 0 Å². The minimum absolute atomic E-state index is 0.0793. The maximum atomic E-state index is 13.7. The molecule has 178 valence electrons. The Morgan fingerprint density at radius 3 is 2.06 bits per heavy atom. The Morgan fingerprint density at radius 1 is 0.935 bits per heavy atom. The lowest BCUT2D eigenvalue weighted by Crippen LogP contribution is -2.74. The van der Waals surface area contributed by atoms with Crippen molar-refractivity contribution in [1.82, 2.24) is 9.80 Å². The molecule has 0 spiro atoms. The SMILES string of the molecule is CCOC(=O)C1CCC(OC(C(=O)OC(C)(C)C)(N2CCCC2)N2CC(OC)C2)CC1. The molecule has 1 aliphatic carbocycles. The molecule has 3 rings (SSSR count). The van der Waals surface area contributed by atoms with E-state index < -0.39 is 11.4 Å². The van der Waals surface area contributed by atoms with Crippen LogP contribution in [0, 0.1) is 5.92 Å². The number of carbonyl (C=O) groups is 2. The molecule has 0 aromatic rings. The van der Waals surface area contributed by atoms with Gasteiger partial charge in [0.2, 0.25) is 0 Å². The van der Waals surface area contributed by atoms with Gasteiger partial charge in [-0.15, -0.1) is 0 Å². The number of carbonyl (C=O) groups excluding carboxylic acids is 2. The number of esters is 2. The molecule has 2 aliphatic heterocycles. The van der Waals surface area contributed by atoms with Gasteiger partial charge in [-0.1, -0.05) is 0 Å². The van der Waals surface area contributed by atoms with Crippen LogP contribution in [0.3, 0.4) is 0 Å². The van der Waals surface area contributed by atoms with Crippen LogP contribution < -0.4 is 0 Å². The number of rotatable bonds is 8. The smallest absolute Gasteiger partial charge is 0.371 e.